The molecule has 1 aliphatic rings. The van der Waals surface area contributed by atoms with Gasteiger partial charge in [-0.1, -0.05) is 0 Å². The second kappa shape index (κ2) is 7.93. The van der Waals surface area contributed by atoms with E-state index in [4.69, 9.17) is 18.9 Å². The van der Waals surface area contributed by atoms with Gasteiger partial charge in [0.15, 0.2) is 11.5 Å². The van der Waals surface area contributed by atoms with Crippen molar-refractivity contribution in [1.29, 1.82) is 0 Å². The summed E-state index contributed by atoms with van der Waals surface area (Å²) in [6.45, 7) is 0.199. The van der Waals surface area contributed by atoms with Crippen LogP contribution in [0.15, 0.2) is 48.8 Å². The number of ether oxygens (including phenoxy) is 4. The third-order valence-electron chi connectivity index (χ3n) is 4.20. The zero-order valence-electron chi connectivity index (χ0n) is 15.8. The van der Waals surface area contributed by atoms with Crippen molar-refractivity contribution >= 4 is 23.1 Å². The van der Waals surface area contributed by atoms with Gasteiger partial charge >= 0.3 is 0 Å². The van der Waals surface area contributed by atoms with Crippen molar-refractivity contribution in [2.45, 2.75) is 0 Å². The van der Waals surface area contributed by atoms with Gasteiger partial charge in [0.05, 0.1) is 19.9 Å². The summed E-state index contributed by atoms with van der Waals surface area (Å²) < 4.78 is 21.1. The number of anilines is 3. The molecular formula is C20H18N4O5. The van der Waals surface area contributed by atoms with Crippen LogP contribution in [0.4, 0.5) is 17.2 Å². The predicted octanol–water partition coefficient (Wildman–Crippen LogP) is 3.22. The van der Waals surface area contributed by atoms with E-state index in [-0.39, 0.29) is 12.5 Å². The second-order valence-corrected chi connectivity index (χ2v) is 6.00. The lowest BCUT2D eigenvalue weighted by molar-refractivity contribution is 0.102. The average Bonchev–Trinajstić information content (AvgIpc) is 3.21. The Kier molecular flexibility index (Phi) is 5.02. The Morgan fingerprint density at radius 2 is 1.86 bits per heavy atom. The molecule has 9 nitrogen and oxygen atoms in total. The zero-order chi connectivity index (χ0) is 20.2. The molecule has 0 saturated carbocycles. The maximum absolute atomic E-state index is 12.7. The van der Waals surface area contributed by atoms with Crippen molar-refractivity contribution in [2.24, 2.45) is 0 Å². The molecule has 0 spiro atoms. The fourth-order valence-corrected chi connectivity index (χ4v) is 2.77. The highest BCUT2D eigenvalue weighted by Crippen LogP contribution is 2.35. The lowest BCUT2D eigenvalue weighted by Gasteiger charge is -2.12. The number of nitrogens with one attached hydrogen (secondary N) is 2. The molecule has 0 radical (unpaired) electrons. The Morgan fingerprint density at radius 1 is 1.00 bits per heavy atom. The van der Waals surface area contributed by atoms with Crippen LogP contribution in [0.5, 0.6) is 23.0 Å². The largest absolute Gasteiger partial charge is 0.497 e. The van der Waals surface area contributed by atoms with E-state index in [1.54, 1.807) is 43.5 Å². The van der Waals surface area contributed by atoms with Gasteiger partial charge in [-0.2, -0.15) is 0 Å². The number of benzene rings is 2. The number of amides is 1. The van der Waals surface area contributed by atoms with Gasteiger partial charge in [0, 0.05) is 23.9 Å². The molecule has 9 heteroatoms. The van der Waals surface area contributed by atoms with Crippen molar-refractivity contribution < 1.29 is 23.7 Å². The fourth-order valence-electron chi connectivity index (χ4n) is 2.77. The van der Waals surface area contributed by atoms with Crippen LogP contribution in [0.3, 0.4) is 0 Å². The summed E-state index contributed by atoms with van der Waals surface area (Å²) in [4.78, 5) is 20.9. The highest BCUT2D eigenvalue weighted by Gasteiger charge is 2.15. The first-order valence-electron chi connectivity index (χ1n) is 8.68. The molecule has 4 rings (SSSR count). The van der Waals surface area contributed by atoms with Crippen molar-refractivity contribution in [3.8, 4) is 23.0 Å². The minimum absolute atomic E-state index is 0.188. The van der Waals surface area contributed by atoms with Gasteiger partial charge in [-0.25, -0.2) is 9.97 Å². The summed E-state index contributed by atoms with van der Waals surface area (Å²) in [6, 6.07) is 12.1. The van der Waals surface area contributed by atoms with E-state index >= 15 is 0 Å². The van der Waals surface area contributed by atoms with E-state index in [9.17, 15) is 4.79 Å². The van der Waals surface area contributed by atoms with Crippen LogP contribution in [0.25, 0.3) is 0 Å². The van der Waals surface area contributed by atoms with Gasteiger partial charge in [-0.15, -0.1) is 0 Å². The number of rotatable bonds is 6. The second-order valence-electron chi connectivity index (χ2n) is 6.00. The molecule has 0 saturated heterocycles. The molecule has 3 aromatic rings. The van der Waals surface area contributed by atoms with Crippen LogP contribution in [0.2, 0.25) is 0 Å². The summed E-state index contributed by atoms with van der Waals surface area (Å²) in [5, 5.41) is 5.90. The molecule has 2 N–H and O–H groups in total. The van der Waals surface area contributed by atoms with Crippen LogP contribution in [0, 0.1) is 0 Å². The van der Waals surface area contributed by atoms with Gasteiger partial charge < -0.3 is 29.6 Å². The molecule has 1 amide bonds. The number of carbonyl (C=O) groups is 1. The monoisotopic (exact) mass is 394 g/mol. The Labute approximate surface area is 166 Å². The molecule has 0 atom stereocenters. The first kappa shape index (κ1) is 18.4. The Hall–Kier alpha value is -4.01. The summed E-state index contributed by atoms with van der Waals surface area (Å²) in [5.41, 5.74) is 1.41. The maximum Gasteiger partial charge on any atom is 0.274 e. The molecule has 29 heavy (non-hydrogen) atoms. The van der Waals surface area contributed by atoms with Crippen LogP contribution in [0.1, 0.15) is 10.5 Å². The van der Waals surface area contributed by atoms with Crippen LogP contribution >= 0.6 is 0 Å². The standard InChI is InChI=1S/C20H18N4O5/c1-26-13-4-6-16(27-2)14(8-13)24-20(25)15-9-19(22-10-21-15)23-12-3-5-17-18(7-12)29-11-28-17/h3-10H,11H2,1-2H3,(H,24,25)(H,21,22,23). The lowest BCUT2D eigenvalue weighted by Crippen LogP contribution is -2.15. The Morgan fingerprint density at radius 3 is 2.69 bits per heavy atom. The number of fused-ring (bicyclic) bond motifs is 1. The number of hydrogen-bond donors (Lipinski definition) is 2. The first-order chi connectivity index (χ1) is 14.2. The molecule has 0 unspecified atom stereocenters. The van der Waals surface area contributed by atoms with E-state index in [0.717, 1.165) is 5.69 Å². The number of carbonyl (C=O) groups excluding carboxylic acids is 1. The summed E-state index contributed by atoms with van der Waals surface area (Å²) in [5.74, 6) is 2.48. The van der Waals surface area contributed by atoms with Gasteiger partial charge in [0.2, 0.25) is 6.79 Å². The van der Waals surface area contributed by atoms with Crippen molar-refractivity contribution in [3.05, 3.63) is 54.5 Å². The fraction of sp³-hybridized carbons (Fsp3) is 0.150. The average molecular weight is 394 g/mol. The van der Waals surface area contributed by atoms with Gasteiger partial charge in [-0.3, -0.25) is 4.79 Å². The van der Waals surface area contributed by atoms with Gasteiger partial charge in [0.1, 0.15) is 29.3 Å². The van der Waals surface area contributed by atoms with Crippen LogP contribution in [-0.4, -0.2) is 36.9 Å². The normalized spacial score (nSPS) is 11.7. The quantitative estimate of drug-likeness (QED) is 0.657. The number of aromatic nitrogens is 2. The van der Waals surface area contributed by atoms with E-state index in [1.807, 2.05) is 6.07 Å². The molecule has 0 bridgehead atoms. The third-order valence-corrected chi connectivity index (χ3v) is 4.20. The molecule has 1 aliphatic heterocycles. The van der Waals surface area contributed by atoms with E-state index < -0.39 is 5.91 Å². The number of methoxy groups -OCH3 is 2. The molecule has 1 aromatic heterocycles. The highest BCUT2D eigenvalue weighted by molar-refractivity contribution is 6.04. The highest BCUT2D eigenvalue weighted by atomic mass is 16.7. The number of nitrogens with zero attached hydrogens (tertiary/aromatic N) is 2. The molecule has 2 heterocycles. The lowest BCUT2D eigenvalue weighted by atomic mass is 10.2. The summed E-state index contributed by atoms with van der Waals surface area (Å²) >= 11 is 0. The van der Waals surface area contributed by atoms with Crippen molar-refractivity contribution in [1.82, 2.24) is 9.97 Å². The maximum atomic E-state index is 12.7. The van der Waals surface area contributed by atoms with Gasteiger partial charge in [-0.05, 0) is 24.3 Å². The predicted molar refractivity (Wildman–Crippen MR) is 105 cm³/mol. The van der Waals surface area contributed by atoms with E-state index in [1.165, 1.54) is 13.4 Å². The molecule has 148 valence electrons. The molecule has 0 fully saturated rings. The van der Waals surface area contributed by atoms with E-state index in [2.05, 4.69) is 20.6 Å². The van der Waals surface area contributed by atoms with Gasteiger partial charge in [0.25, 0.3) is 5.91 Å². The topological polar surface area (TPSA) is 104 Å². The van der Waals surface area contributed by atoms with Crippen LogP contribution < -0.4 is 29.6 Å². The Bertz CT molecular complexity index is 1060. The SMILES string of the molecule is COc1ccc(OC)c(NC(=O)c2cc(Nc3ccc4c(c3)OCO4)ncn2)c1. The summed E-state index contributed by atoms with van der Waals surface area (Å²) in [7, 11) is 3.07. The Balaban J connectivity index is 1.52. The minimum Gasteiger partial charge on any atom is -0.497 e. The molecular weight excluding hydrogens is 376 g/mol. The minimum atomic E-state index is -0.410. The molecule has 2 aromatic carbocycles. The van der Waals surface area contributed by atoms with Crippen LogP contribution in [-0.2, 0) is 0 Å². The third kappa shape index (κ3) is 3.98. The van der Waals surface area contributed by atoms with E-state index in [0.29, 0.717) is 34.5 Å². The van der Waals surface area contributed by atoms with Crippen molar-refractivity contribution in [3.63, 3.8) is 0 Å². The first-order valence-corrected chi connectivity index (χ1v) is 8.68. The smallest absolute Gasteiger partial charge is 0.274 e. The number of hydrogen-bond acceptors (Lipinski definition) is 8. The van der Waals surface area contributed by atoms with Crippen molar-refractivity contribution in [2.75, 3.05) is 31.6 Å². The molecule has 0 aliphatic carbocycles. The summed E-state index contributed by atoms with van der Waals surface area (Å²) in [6.07, 6.45) is 1.31. The zero-order valence-corrected chi connectivity index (χ0v) is 15.8.